The van der Waals surface area contributed by atoms with E-state index in [1.165, 1.54) is 0 Å². The van der Waals surface area contributed by atoms with E-state index in [9.17, 15) is 0 Å². The fourth-order valence-electron chi connectivity index (χ4n) is 4.74. The summed E-state index contributed by atoms with van der Waals surface area (Å²) in [6.45, 7) is 8.33. The van der Waals surface area contributed by atoms with E-state index in [0.717, 1.165) is 44.7 Å². The second kappa shape index (κ2) is 8.47. The first kappa shape index (κ1) is 22.8. The zero-order chi connectivity index (χ0) is 24.9. The number of benzene rings is 4. The van der Waals surface area contributed by atoms with Crippen LogP contribution in [0.1, 0.15) is 27.7 Å². The normalized spacial score (nSPS) is 16.5. The zero-order valence-corrected chi connectivity index (χ0v) is 21.1. The molecule has 4 nitrogen and oxygen atoms in total. The summed E-state index contributed by atoms with van der Waals surface area (Å²) in [6, 6.07) is 35.7. The number of hydrogen-bond donors (Lipinski definition) is 0. The lowest BCUT2D eigenvalue weighted by molar-refractivity contribution is 0.00578. The summed E-state index contributed by atoms with van der Waals surface area (Å²) in [7, 11) is -0.389. The molecule has 0 spiro atoms. The molecule has 1 fully saturated rings. The molecular weight excluding hydrogens is 443 g/mol. The number of hydrogen-bond acceptors (Lipinski definition) is 3. The van der Waals surface area contributed by atoms with Gasteiger partial charge in [-0.2, -0.15) is 0 Å². The number of para-hydroxylation sites is 3. The number of rotatable bonds is 4. The van der Waals surface area contributed by atoms with Crippen LogP contribution < -0.4 is 5.46 Å². The molecule has 6 rings (SSSR count). The number of nitrogens with zero attached hydrogens (tertiary/aromatic N) is 2. The zero-order valence-electron chi connectivity index (χ0n) is 21.1. The minimum absolute atomic E-state index is 0.371. The van der Waals surface area contributed by atoms with Crippen molar-refractivity contribution in [3.05, 3.63) is 103 Å². The minimum Gasteiger partial charge on any atom is -0.399 e. The van der Waals surface area contributed by atoms with Crippen molar-refractivity contribution in [2.75, 3.05) is 0 Å². The molecule has 4 aromatic carbocycles. The van der Waals surface area contributed by atoms with Crippen molar-refractivity contribution in [2.24, 2.45) is 0 Å². The van der Waals surface area contributed by atoms with Crippen LogP contribution in [-0.2, 0) is 9.31 Å². The van der Waals surface area contributed by atoms with Gasteiger partial charge in [0.25, 0.3) is 0 Å². The van der Waals surface area contributed by atoms with Crippen molar-refractivity contribution in [1.82, 2.24) is 9.55 Å². The van der Waals surface area contributed by atoms with E-state index in [-0.39, 0.29) is 18.3 Å². The molecule has 1 aliphatic heterocycles. The standard InChI is InChI=1S/C31H29BN2O2/c1-30(2)31(3,4)36-32(35-30)25-15-11-13-23(21-25)22-12-10-14-24(20-22)29-33-27-18-8-9-19-28(27)34(29)26-16-6-5-7-17-26/h5-21H,1-4H3. The summed E-state index contributed by atoms with van der Waals surface area (Å²) in [5.74, 6) is 0.923. The van der Waals surface area contributed by atoms with Crippen LogP contribution in [-0.4, -0.2) is 27.9 Å². The quantitative estimate of drug-likeness (QED) is 0.275. The highest BCUT2D eigenvalue weighted by atomic mass is 16.7. The Labute approximate surface area is 212 Å². The van der Waals surface area contributed by atoms with Gasteiger partial charge in [-0.3, -0.25) is 4.57 Å². The average Bonchev–Trinajstić information content (AvgIpc) is 3.38. The maximum Gasteiger partial charge on any atom is 0.494 e. The summed E-state index contributed by atoms with van der Waals surface area (Å²) in [5, 5.41) is 0. The van der Waals surface area contributed by atoms with Crippen LogP contribution in [0.25, 0.3) is 39.2 Å². The molecule has 0 aliphatic carbocycles. The molecule has 178 valence electrons. The van der Waals surface area contributed by atoms with Crippen molar-refractivity contribution in [3.8, 4) is 28.2 Å². The minimum atomic E-state index is -0.389. The lowest BCUT2D eigenvalue weighted by Gasteiger charge is -2.32. The summed E-state index contributed by atoms with van der Waals surface area (Å²) in [5.41, 5.74) is 6.74. The third-order valence-corrected chi connectivity index (χ3v) is 7.44. The maximum atomic E-state index is 6.30. The molecule has 5 aromatic rings. The predicted molar refractivity (Wildman–Crippen MR) is 148 cm³/mol. The highest BCUT2D eigenvalue weighted by Gasteiger charge is 2.51. The molecular formula is C31H29BN2O2. The molecule has 0 N–H and O–H groups in total. The van der Waals surface area contributed by atoms with Crippen LogP contribution in [0.15, 0.2) is 103 Å². The first-order valence-corrected chi connectivity index (χ1v) is 12.4. The predicted octanol–water partition coefficient (Wildman–Crippen LogP) is 6.66. The van der Waals surface area contributed by atoms with Crippen LogP contribution in [0.2, 0.25) is 0 Å². The molecule has 5 heteroatoms. The molecule has 0 atom stereocenters. The first-order valence-electron chi connectivity index (χ1n) is 12.4. The molecule has 1 saturated heterocycles. The van der Waals surface area contributed by atoms with Crippen molar-refractivity contribution in [1.29, 1.82) is 0 Å². The van der Waals surface area contributed by atoms with Gasteiger partial charge in [-0.1, -0.05) is 72.8 Å². The van der Waals surface area contributed by atoms with Gasteiger partial charge >= 0.3 is 7.12 Å². The average molecular weight is 472 g/mol. The molecule has 36 heavy (non-hydrogen) atoms. The second-order valence-corrected chi connectivity index (χ2v) is 10.4. The summed E-state index contributed by atoms with van der Waals surface area (Å²) >= 11 is 0. The van der Waals surface area contributed by atoms with Gasteiger partial charge in [-0.15, -0.1) is 0 Å². The van der Waals surface area contributed by atoms with E-state index in [0.29, 0.717) is 0 Å². The van der Waals surface area contributed by atoms with Gasteiger partial charge in [-0.25, -0.2) is 4.98 Å². The van der Waals surface area contributed by atoms with Gasteiger partial charge in [0.1, 0.15) is 5.82 Å². The Balaban J connectivity index is 1.42. The van der Waals surface area contributed by atoms with E-state index in [1.807, 2.05) is 12.1 Å². The molecule has 1 aromatic heterocycles. The molecule has 2 heterocycles. The lowest BCUT2D eigenvalue weighted by Crippen LogP contribution is -2.41. The Morgan fingerprint density at radius 2 is 1.25 bits per heavy atom. The van der Waals surface area contributed by atoms with Crippen molar-refractivity contribution < 1.29 is 9.31 Å². The van der Waals surface area contributed by atoms with E-state index < -0.39 is 0 Å². The smallest absolute Gasteiger partial charge is 0.399 e. The van der Waals surface area contributed by atoms with E-state index >= 15 is 0 Å². The molecule has 0 radical (unpaired) electrons. The Kier molecular flexibility index (Phi) is 5.36. The van der Waals surface area contributed by atoms with Crippen LogP contribution >= 0.6 is 0 Å². The van der Waals surface area contributed by atoms with Gasteiger partial charge < -0.3 is 9.31 Å². The fourth-order valence-corrected chi connectivity index (χ4v) is 4.74. The topological polar surface area (TPSA) is 36.3 Å². The number of aromatic nitrogens is 2. The van der Waals surface area contributed by atoms with Gasteiger partial charge in [0.05, 0.1) is 22.2 Å². The maximum absolute atomic E-state index is 6.30. The van der Waals surface area contributed by atoms with Crippen molar-refractivity contribution in [2.45, 2.75) is 38.9 Å². The van der Waals surface area contributed by atoms with Crippen LogP contribution in [0, 0.1) is 0 Å². The third-order valence-electron chi connectivity index (χ3n) is 7.44. The summed E-state index contributed by atoms with van der Waals surface area (Å²) < 4.78 is 14.8. The van der Waals surface area contributed by atoms with Gasteiger partial charge in [-0.05, 0) is 74.6 Å². The Morgan fingerprint density at radius 1 is 0.639 bits per heavy atom. The number of fused-ring (bicyclic) bond motifs is 1. The van der Waals surface area contributed by atoms with Crippen LogP contribution in [0.3, 0.4) is 0 Å². The summed E-state index contributed by atoms with van der Waals surface area (Å²) in [6.07, 6.45) is 0. The van der Waals surface area contributed by atoms with E-state index in [2.05, 4.69) is 123 Å². The van der Waals surface area contributed by atoms with Crippen LogP contribution in [0.5, 0.6) is 0 Å². The largest absolute Gasteiger partial charge is 0.494 e. The Hall–Kier alpha value is -3.67. The number of imidazole rings is 1. The molecule has 0 saturated carbocycles. The molecule has 1 aliphatic rings. The Bertz CT molecular complexity index is 1540. The van der Waals surface area contributed by atoms with Gasteiger partial charge in [0, 0.05) is 11.3 Å². The molecule has 0 bridgehead atoms. The summed E-state index contributed by atoms with van der Waals surface area (Å²) in [4.78, 5) is 5.03. The second-order valence-electron chi connectivity index (χ2n) is 10.4. The van der Waals surface area contributed by atoms with Crippen molar-refractivity contribution in [3.63, 3.8) is 0 Å². The Morgan fingerprint density at radius 3 is 2.00 bits per heavy atom. The van der Waals surface area contributed by atoms with Crippen molar-refractivity contribution >= 4 is 23.6 Å². The molecule has 0 unspecified atom stereocenters. The fraction of sp³-hybridized carbons (Fsp3) is 0.194. The SMILES string of the molecule is CC1(C)OB(c2cccc(-c3cccc(-c4nc5ccccc5n4-c4ccccc4)c3)c2)OC1(C)C. The highest BCUT2D eigenvalue weighted by Crippen LogP contribution is 2.37. The van der Waals surface area contributed by atoms with E-state index in [4.69, 9.17) is 14.3 Å². The van der Waals surface area contributed by atoms with Gasteiger partial charge in [0.2, 0.25) is 0 Å². The highest BCUT2D eigenvalue weighted by molar-refractivity contribution is 6.62. The first-order chi connectivity index (χ1) is 17.3. The van der Waals surface area contributed by atoms with Gasteiger partial charge in [0.15, 0.2) is 0 Å². The van der Waals surface area contributed by atoms with Crippen LogP contribution in [0.4, 0.5) is 0 Å². The monoisotopic (exact) mass is 472 g/mol. The molecule has 0 amide bonds. The van der Waals surface area contributed by atoms with E-state index in [1.54, 1.807) is 0 Å². The third kappa shape index (κ3) is 3.85. The lowest BCUT2D eigenvalue weighted by atomic mass is 9.78.